The summed E-state index contributed by atoms with van der Waals surface area (Å²) in [4.78, 5) is 4.66. The molecule has 0 radical (unpaired) electrons. The summed E-state index contributed by atoms with van der Waals surface area (Å²) >= 11 is 0. The van der Waals surface area contributed by atoms with Crippen LogP contribution in [0, 0.1) is 13.8 Å². The Kier molecular flexibility index (Phi) is 5.25. The van der Waals surface area contributed by atoms with Crippen molar-refractivity contribution in [1.82, 2.24) is 9.55 Å². The Balaban J connectivity index is 0.00000176. The molecular weight excluding hydrogens is 292 g/mol. The lowest BCUT2D eigenvalue weighted by Crippen LogP contribution is -2.02. The van der Waals surface area contributed by atoms with Crippen LogP contribution in [0.3, 0.4) is 0 Å². The molecule has 2 nitrogen and oxygen atoms in total. The highest BCUT2D eigenvalue weighted by Crippen LogP contribution is 2.27. The molecule has 2 heterocycles. The SMILES string of the molecule is CCn1c(C)c(C)c2ccnc(CCc3ccccc3)c21.Cl. The zero-order valence-electron chi connectivity index (χ0n) is 13.5. The summed E-state index contributed by atoms with van der Waals surface area (Å²) in [5.41, 5.74) is 6.66. The fraction of sp³-hybridized carbons (Fsp3) is 0.316. The summed E-state index contributed by atoms with van der Waals surface area (Å²) in [6, 6.07) is 12.8. The van der Waals surface area contributed by atoms with Gasteiger partial charge < -0.3 is 4.57 Å². The summed E-state index contributed by atoms with van der Waals surface area (Å²) in [7, 11) is 0. The molecule has 0 amide bonds. The van der Waals surface area contributed by atoms with Gasteiger partial charge in [-0.2, -0.15) is 0 Å². The maximum atomic E-state index is 4.66. The highest BCUT2D eigenvalue weighted by atomic mass is 35.5. The normalized spacial score (nSPS) is 10.7. The van der Waals surface area contributed by atoms with E-state index in [1.54, 1.807) is 0 Å². The molecule has 0 bridgehead atoms. The van der Waals surface area contributed by atoms with Crippen molar-refractivity contribution in [3.63, 3.8) is 0 Å². The number of nitrogens with zero attached hydrogens (tertiary/aromatic N) is 2. The molecule has 2 aromatic heterocycles. The Morgan fingerprint density at radius 1 is 1.00 bits per heavy atom. The number of aryl methyl sites for hydroxylation is 4. The predicted octanol–water partition coefficient (Wildman–Crippen LogP) is 4.88. The van der Waals surface area contributed by atoms with Crippen molar-refractivity contribution in [2.75, 3.05) is 0 Å². The van der Waals surface area contributed by atoms with Gasteiger partial charge in [0.15, 0.2) is 0 Å². The lowest BCUT2D eigenvalue weighted by molar-refractivity contribution is 0.756. The molecule has 3 rings (SSSR count). The van der Waals surface area contributed by atoms with Gasteiger partial charge in [-0.05, 0) is 50.8 Å². The van der Waals surface area contributed by atoms with Crippen LogP contribution in [-0.2, 0) is 19.4 Å². The summed E-state index contributed by atoms with van der Waals surface area (Å²) in [6.07, 6.45) is 3.99. The number of benzene rings is 1. The minimum absolute atomic E-state index is 0. The summed E-state index contributed by atoms with van der Waals surface area (Å²) in [5, 5.41) is 1.35. The van der Waals surface area contributed by atoms with E-state index < -0.39 is 0 Å². The second-order valence-electron chi connectivity index (χ2n) is 5.59. The van der Waals surface area contributed by atoms with E-state index in [9.17, 15) is 0 Å². The van der Waals surface area contributed by atoms with Gasteiger partial charge >= 0.3 is 0 Å². The highest BCUT2D eigenvalue weighted by molar-refractivity contribution is 5.87. The van der Waals surface area contributed by atoms with E-state index in [2.05, 4.69) is 66.7 Å². The molecular formula is C19H23ClN2. The third kappa shape index (κ3) is 2.89. The van der Waals surface area contributed by atoms with Gasteiger partial charge in [-0.1, -0.05) is 30.3 Å². The first-order valence-electron chi connectivity index (χ1n) is 7.69. The molecule has 0 aliphatic carbocycles. The van der Waals surface area contributed by atoms with Crippen molar-refractivity contribution in [2.45, 2.75) is 40.2 Å². The first-order valence-corrected chi connectivity index (χ1v) is 7.69. The molecule has 0 spiro atoms. The smallest absolute Gasteiger partial charge is 0.0704 e. The van der Waals surface area contributed by atoms with E-state index in [1.165, 1.54) is 33.4 Å². The second-order valence-corrected chi connectivity index (χ2v) is 5.59. The van der Waals surface area contributed by atoms with Crippen LogP contribution in [0.2, 0.25) is 0 Å². The van der Waals surface area contributed by atoms with E-state index in [0.29, 0.717) is 0 Å². The van der Waals surface area contributed by atoms with E-state index in [-0.39, 0.29) is 12.4 Å². The maximum Gasteiger partial charge on any atom is 0.0704 e. The molecule has 3 aromatic rings. The number of rotatable bonds is 4. The number of halogens is 1. The Hall–Kier alpha value is -1.80. The number of hydrogen-bond donors (Lipinski definition) is 0. The molecule has 0 fully saturated rings. The lowest BCUT2D eigenvalue weighted by Gasteiger charge is -2.08. The van der Waals surface area contributed by atoms with Gasteiger partial charge in [0.25, 0.3) is 0 Å². The Morgan fingerprint density at radius 3 is 2.41 bits per heavy atom. The zero-order valence-corrected chi connectivity index (χ0v) is 14.3. The first-order chi connectivity index (χ1) is 10.2. The topological polar surface area (TPSA) is 17.8 Å². The van der Waals surface area contributed by atoms with Crippen molar-refractivity contribution in [2.24, 2.45) is 0 Å². The van der Waals surface area contributed by atoms with Crippen LogP contribution in [0.4, 0.5) is 0 Å². The fourth-order valence-corrected chi connectivity index (χ4v) is 3.15. The molecule has 0 atom stereocenters. The van der Waals surface area contributed by atoms with Crippen LogP contribution < -0.4 is 0 Å². The van der Waals surface area contributed by atoms with Crippen molar-refractivity contribution >= 4 is 23.3 Å². The minimum Gasteiger partial charge on any atom is -0.343 e. The fourth-order valence-electron chi connectivity index (χ4n) is 3.15. The molecule has 0 saturated carbocycles. The molecule has 0 aliphatic rings. The van der Waals surface area contributed by atoms with E-state index in [4.69, 9.17) is 0 Å². The molecule has 0 saturated heterocycles. The van der Waals surface area contributed by atoms with Gasteiger partial charge in [0, 0.05) is 23.8 Å². The Morgan fingerprint density at radius 2 is 1.73 bits per heavy atom. The summed E-state index contributed by atoms with van der Waals surface area (Å²) in [5.74, 6) is 0. The van der Waals surface area contributed by atoms with Gasteiger partial charge in [-0.15, -0.1) is 12.4 Å². The third-order valence-corrected chi connectivity index (χ3v) is 4.43. The zero-order chi connectivity index (χ0) is 14.8. The number of hydrogen-bond acceptors (Lipinski definition) is 1. The largest absolute Gasteiger partial charge is 0.343 e. The first kappa shape index (κ1) is 16.6. The van der Waals surface area contributed by atoms with Gasteiger partial charge in [-0.3, -0.25) is 4.98 Å². The van der Waals surface area contributed by atoms with Crippen LogP contribution in [-0.4, -0.2) is 9.55 Å². The van der Waals surface area contributed by atoms with Crippen molar-refractivity contribution in [3.05, 3.63) is 65.1 Å². The van der Waals surface area contributed by atoms with E-state index >= 15 is 0 Å². The van der Waals surface area contributed by atoms with E-state index in [0.717, 1.165) is 19.4 Å². The maximum absolute atomic E-state index is 4.66. The van der Waals surface area contributed by atoms with Gasteiger partial charge in [-0.25, -0.2) is 0 Å². The Bertz CT molecular complexity index is 760. The number of fused-ring (bicyclic) bond motifs is 1. The lowest BCUT2D eigenvalue weighted by atomic mass is 10.1. The van der Waals surface area contributed by atoms with Gasteiger partial charge in [0.1, 0.15) is 0 Å². The summed E-state index contributed by atoms with van der Waals surface area (Å²) in [6.45, 7) is 7.63. The van der Waals surface area contributed by atoms with Gasteiger partial charge in [0.05, 0.1) is 11.2 Å². The number of aromatic nitrogens is 2. The van der Waals surface area contributed by atoms with Crippen LogP contribution in [0.25, 0.3) is 10.9 Å². The molecule has 0 unspecified atom stereocenters. The summed E-state index contributed by atoms with van der Waals surface area (Å²) < 4.78 is 2.40. The van der Waals surface area contributed by atoms with Gasteiger partial charge in [0.2, 0.25) is 0 Å². The Labute approximate surface area is 138 Å². The molecule has 116 valence electrons. The van der Waals surface area contributed by atoms with Crippen LogP contribution in [0.1, 0.15) is 29.4 Å². The highest BCUT2D eigenvalue weighted by Gasteiger charge is 2.13. The van der Waals surface area contributed by atoms with Crippen LogP contribution >= 0.6 is 12.4 Å². The average molecular weight is 315 g/mol. The van der Waals surface area contributed by atoms with Crippen molar-refractivity contribution in [3.8, 4) is 0 Å². The molecule has 22 heavy (non-hydrogen) atoms. The predicted molar refractivity (Wildman–Crippen MR) is 96.0 cm³/mol. The van der Waals surface area contributed by atoms with Crippen molar-refractivity contribution in [1.29, 1.82) is 0 Å². The standard InChI is InChI=1S/C19H22N2.ClH/c1-4-21-15(3)14(2)17-12-13-20-18(19(17)21)11-10-16-8-6-5-7-9-16;/h5-9,12-13H,4,10-11H2,1-3H3;1H. The van der Waals surface area contributed by atoms with Crippen LogP contribution in [0.15, 0.2) is 42.6 Å². The quantitative estimate of drug-likeness (QED) is 0.671. The molecule has 3 heteroatoms. The second kappa shape index (κ2) is 6.97. The molecule has 0 aliphatic heterocycles. The monoisotopic (exact) mass is 314 g/mol. The molecule has 1 aromatic carbocycles. The number of pyridine rings is 1. The molecule has 0 N–H and O–H groups in total. The average Bonchev–Trinajstić information content (AvgIpc) is 2.78. The van der Waals surface area contributed by atoms with E-state index in [1.807, 2.05) is 6.20 Å². The third-order valence-electron chi connectivity index (χ3n) is 4.43. The minimum atomic E-state index is 0. The van der Waals surface area contributed by atoms with Crippen LogP contribution in [0.5, 0.6) is 0 Å². The van der Waals surface area contributed by atoms with Crippen molar-refractivity contribution < 1.29 is 0 Å².